The Labute approximate surface area is 118 Å². The quantitative estimate of drug-likeness (QED) is 0.876. The average molecular weight is 273 g/mol. The molecule has 1 heterocycles. The lowest BCUT2D eigenvalue weighted by molar-refractivity contribution is 0.216. The van der Waals surface area contributed by atoms with Gasteiger partial charge in [0.2, 0.25) is 11.8 Å². The summed E-state index contributed by atoms with van der Waals surface area (Å²) in [5.74, 6) is 0.722. The van der Waals surface area contributed by atoms with Crippen LogP contribution in [0.1, 0.15) is 31.9 Å². The van der Waals surface area contributed by atoms with Crippen LogP contribution in [0.3, 0.4) is 0 Å². The third-order valence-corrected chi connectivity index (χ3v) is 2.81. The van der Waals surface area contributed by atoms with Crippen LogP contribution in [0.5, 0.6) is 11.8 Å². The zero-order chi connectivity index (χ0) is 14.4. The SMILES string of the molecule is CCCOc1ncnc(OC(C)c2ccccc2)c1N. The van der Waals surface area contributed by atoms with E-state index in [1.54, 1.807) is 0 Å². The highest BCUT2D eigenvalue weighted by Crippen LogP contribution is 2.30. The first-order valence-corrected chi connectivity index (χ1v) is 6.67. The molecule has 0 aliphatic carbocycles. The van der Waals surface area contributed by atoms with Crippen molar-refractivity contribution in [3.05, 3.63) is 42.2 Å². The summed E-state index contributed by atoms with van der Waals surface area (Å²) in [6.07, 6.45) is 2.14. The number of nitrogens with zero attached hydrogens (tertiary/aromatic N) is 2. The molecule has 1 aromatic carbocycles. The standard InChI is InChI=1S/C15H19N3O2/c1-3-9-19-14-13(16)15(18-10-17-14)20-11(2)12-7-5-4-6-8-12/h4-8,10-11H,3,9,16H2,1-2H3. The zero-order valence-corrected chi connectivity index (χ0v) is 11.7. The molecule has 2 aromatic rings. The van der Waals surface area contributed by atoms with Crippen molar-refractivity contribution in [3.8, 4) is 11.8 Å². The Hall–Kier alpha value is -2.30. The van der Waals surface area contributed by atoms with Gasteiger partial charge < -0.3 is 15.2 Å². The number of benzene rings is 1. The molecule has 0 aliphatic heterocycles. The molecule has 0 saturated carbocycles. The molecular formula is C15H19N3O2. The van der Waals surface area contributed by atoms with E-state index in [-0.39, 0.29) is 6.10 Å². The van der Waals surface area contributed by atoms with E-state index in [0.29, 0.717) is 24.1 Å². The summed E-state index contributed by atoms with van der Waals surface area (Å²) in [6.45, 7) is 4.53. The predicted octanol–water partition coefficient (Wildman–Crippen LogP) is 2.99. The van der Waals surface area contributed by atoms with Crippen LogP contribution >= 0.6 is 0 Å². The predicted molar refractivity (Wildman–Crippen MR) is 77.7 cm³/mol. The normalized spacial score (nSPS) is 11.9. The third kappa shape index (κ3) is 3.38. The first kappa shape index (κ1) is 14.1. The second kappa shape index (κ2) is 6.75. The smallest absolute Gasteiger partial charge is 0.244 e. The van der Waals surface area contributed by atoms with Gasteiger partial charge in [0.15, 0.2) is 5.69 Å². The minimum absolute atomic E-state index is 0.146. The van der Waals surface area contributed by atoms with E-state index >= 15 is 0 Å². The molecule has 2 rings (SSSR count). The van der Waals surface area contributed by atoms with Crippen molar-refractivity contribution in [3.63, 3.8) is 0 Å². The minimum atomic E-state index is -0.146. The van der Waals surface area contributed by atoms with Crippen molar-refractivity contribution in [2.24, 2.45) is 0 Å². The fourth-order valence-corrected chi connectivity index (χ4v) is 1.73. The van der Waals surface area contributed by atoms with Crippen molar-refractivity contribution in [1.82, 2.24) is 9.97 Å². The van der Waals surface area contributed by atoms with Crippen LogP contribution < -0.4 is 15.2 Å². The Morgan fingerprint density at radius 2 is 1.85 bits per heavy atom. The summed E-state index contributed by atoms with van der Waals surface area (Å²) in [5, 5.41) is 0. The molecule has 1 aromatic heterocycles. The van der Waals surface area contributed by atoms with E-state index in [1.165, 1.54) is 6.33 Å². The Kier molecular flexibility index (Phi) is 4.76. The molecule has 1 atom stereocenters. The van der Waals surface area contributed by atoms with Gasteiger partial charge in [0.25, 0.3) is 0 Å². The van der Waals surface area contributed by atoms with Crippen molar-refractivity contribution in [2.45, 2.75) is 26.4 Å². The topological polar surface area (TPSA) is 70.3 Å². The van der Waals surface area contributed by atoms with E-state index in [0.717, 1.165) is 12.0 Å². The summed E-state index contributed by atoms with van der Waals surface area (Å²) in [6, 6.07) is 9.89. The molecule has 0 bridgehead atoms. The van der Waals surface area contributed by atoms with Crippen LogP contribution in [0.25, 0.3) is 0 Å². The summed E-state index contributed by atoms with van der Waals surface area (Å²) >= 11 is 0. The van der Waals surface area contributed by atoms with Gasteiger partial charge in [0, 0.05) is 0 Å². The summed E-state index contributed by atoms with van der Waals surface area (Å²) in [7, 11) is 0. The van der Waals surface area contributed by atoms with E-state index in [4.69, 9.17) is 15.2 Å². The van der Waals surface area contributed by atoms with Gasteiger partial charge in [-0.1, -0.05) is 37.3 Å². The highest BCUT2D eigenvalue weighted by Gasteiger charge is 2.14. The highest BCUT2D eigenvalue weighted by atomic mass is 16.5. The molecule has 5 nitrogen and oxygen atoms in total. The van der Waals surface area contributed by atoms with Gasteiger partial charge in [0.1, 0.15) is 12.4 Å². The van der Waals surface area contributed by atoms with Gasteiger partial charge >= 0.3 is 0 Å². The number of nitrogens with two attached hydrogens (primary N) is 1. The van der Waals surface area contributed by atoms with Crippen LogP contribution in [0.15, 0.2) is 36.7 Å². The fourth-order valence-electron chi connectivity index (χ4n) is 1.73. The first-order chi connectivity index (χ1) is 9.72. The maximum Gasteiger partial charge on any atom is 0.244 e. The van der Waals surface area contributed by atoms with Gasteiger partial charge in [-0.15, -0.1) is 0 Å². The Morgan fingerprint density at radius 1 is 1.15 bits per heavy atom. The molecule has 1 unspecified atom stereocenters. The molecule has 0 amide bonds. The van der Waals surface area contributed by atoms with Crippen molar-refractivity contribution in [2.75, 3.05) is 12.3 Å². The van der Waals surface area contributed by atoms with Crippen LogP contribution in [-0.4, -0.2) is 16.6 Å². The number of hydrogen-bond acceptors (Lipinski definition) is 5. The first-order valence-electron chi connectivity index (χ1n) is 6.67. The summed E-state index contributed by atoms with van der Waals surface area (Å²) in [4.78, 5) is 8.09. The van der Waals surface area contributed by atoms with Crippen LogP contribution in [0, 0.1) is 0 Å². The fraction of sp³-hybridized carbons (Fsp3) is 0.333. The van der Waals surface area contributed by atoms with Gasteiger partial charge in [-0.05, 0) is 18.9 Å². The van der Waals surface area contributed by atoms with E-state index in [2.05, 4.69) is 9.97 Å². The lowest BCUT2D eigenvalue weighted by Gasteiger charge is -2.16. The molecule has 20 heavy (non-hydrogen) atoms. The molecule has 2 N–H and O–H groups in total. The van der Waals surface area contributed by atoms with Crippen molar-refractivity contribution in [1.29, 1.82) is 0 Å². The highest BCUT2D eigenvalue weighted by molar-refractivity contribution is 5.55. The number of anilines is 1. The molecule has 0 fully saturated rings. The lowest BCUT2D eigenvalue weighted by Crippen LogP contribution is -2.09. The second-order valence-corrected chi connectivity index (χ2v) is 4.42. The van der Waals surface area contributed by atoms with Crippen molar-refractivity contribution >= 4 is 5.69 Å². The van der Waals surface area contributed by atoms with Crippen LogP contribution in [0.4, 0.5) is 5.69 Å². The molecule has 0 saturated heterocycles. The Balaban J connectivity index is 2.13. The van der Waals surface area contributed by atoms with E-state index in [9.17, 15) is 0 Å². The number of rotatable bonds is 6. The summed E-state index contributed by atoms with van der Waals surface area (Å²) in [5.41, 5.74) is 7.37. The number of nitrogen functional groups attached to an aromatic ring is 1. The maximum atomic E-state index is 5.98. The lowest BCUT2D eigenvalue weighted by atomic mass is 10.1. The van der Waals surface area contributed by atoms with E-state index < -0.39 is 0 Å². The molecule has 106 valence electrons. The summed E-state index contributed by atoms with van der Waals surface area (Å²) < 4.78 is 11.3. The van der Waals surface area contributed by atoms with Gasteiger partial charge in [-0.25, -0.2) is 0 Å². The molecule has 5 heteroatoms. The Bertz CT molecular complexity index is 546. The number of hydrogen-bond donors (Lipinski definition) is 1. The van der Waals surface area contributed by atoms with Gasteiger partial charge in [-0.2, -0.15) is 9.97 Å². The zero-order valence-electron chi connectivity index (χ0n) is 11.7. The van der Waals surface area contributed by atoms with Gasteiger partial charge in [-0.3, -0.25) is 0 Å². The largest absolute Gasteiger partial charge is 0.476 e. The van der Waals surface area contributed by atoms with Crippen LogP contribution in [0.2, 0.25) is 0 Å². The van der Waals surface area contributed by atoms with Crippen molar-refractivity contribution < 1.29 is 9.47 Å². The molecule has 0 aliphatic rings. The molecular weight excluding hydrogens is 254 g/mol. The number of ether oxygens (including phenoxy) is 2. The van der Waals surface area contributed by atoms with E-state index in [1.807, 2.05) is 44.2 Å². The maximum absolute atomic E-state index is 5.98. The third-order valence-electron chi connectivity index (χ3n) is 2.81. The van der Waals surface area contributed by atoms with Crippen LogP contribution in [-0.2, 0) is 0 Å². The van der Waals surface area contributed by atoms with Gasteiger partial charge in [0.05, 0.1) is 6.61 Å². The Morgan fingerprint density at radius 3 is 2.55 bits per heavy atom. The number of aromatic nitrogens is 2. The second-order valence-electron chi connectivity index (χ2n) is 4.42. The minimum Gasteiger partial charge on any atom is -0.476 e. The monoisotopic (exact) mass is 273 g/mol. The molecule has 0 radical (unpaired) electrons. The molecule has 0 spiro atoms. The average Bonchev–Trinajstić information content (AvgIpc) is 2.49.